The fourth-order valence-corrected chi connectivity index (χ4v) is 2.39. The van der Waals surface area contributed by atoms with Crippen molar-refractivity contribution < 1.29 is 19.1 Å². The summed E-state index contributed by atoms with van der Waals surface area (Å²) in [6, 6.07) is 8.09. The third-order valence-corrected chi connectivity index (χ3v) is 3.77. The Hall–Kier alpha value is -3.75. The molecule has 0 N–H and O–H groups in total. The lowest BCUT2D eigenvalue weighted by Crippen LogP contribution is -2.28. The van der Waals surface area contributed by atoms with Crippen LogP contribution in [0.1, 0.15) is 20.8 Å². The summed E-state index contributed by atoms with van der Waals surface area (Å²) in [5.41, 5.74) is -0.506. The molecule has 0 radical (unpaired) electrons. The van der Waals surface area contributed by atoms with Gasteiger partial charge in [-0.15, -0.1) is 0 Å². The lowest BCUT2D eigenvalue weighted by atomic mass is 10.2. The molecule has 0 bridgehead atoms. The topological polar surface area (TPSA) is 105 Å². The van der Waals surface area contributed by atoms with Crippen LogP contribution in [0.2, 0.25) is 0 Å². The molecule has 2 heterocycles. The fraction of sp³-hybridized carbons (Fsp3) is 0.167. The first-order valence-corrected chi connectivity index (χ1v) is 7.87. The van der Waals surface area contributed by atoms with Gasteiger partial charge in [-0.25, -0.2) is 19.6 Å². The van der Waals surface area contributed by atoms with Gasteiger partial charge < -0.3 is 14.0 Å². The molecular weight excluding hydrogens is 352 g/mol. The Kier molecular flexibility index (Phi) is 4.84. The maximum atomic E-state index is 12.8. The number of imidazole rings is 1. The van der Waals surface area contributed by atoms with Crippen molar-refractivity contribution in [1.82, 2.24) is 19.1 Å². The van der Waals surface area contributed by atoms with Gasteiger partial charge in [0.25, 0.3) is 5.56 Å². The molecule has 0 aliphatic carbocycles. The maximum absolute atomic E-state index is 12.8. The summed E-state index contributed by atoms with van der Waals surface area (Å²) in [5.74, 6) is -2.05. The third kappa shape index (κ3) is 3.47. The van der Waals surface area contributed by atoms with Crippen LogP contribution in [0.15, 0.2) is 47.7 Å². The fourth-order valence-electron chi connectivity index (χ4n) is 2.39. The van der Waals surface area contributed by atoms with Crippen LogP contribution in [-0.4, -0.2) is 38.2 Å². The van der Waals surface area contributed by atoms with Crippen LogP contribution in [-0.2, 0) is 18.8 Å². The first-order valence-electron chi connectivity index (χ1n) is 7.87. The normalized spacial score (nSPS) is 10.5. The predicted octanol–water partition coefficient (Wildman–Crippen LogP) is 1.19. The molecule has 0 fully saturated rings. The third-order valence-electron chi connectivity index (χ3n) is 3.77. The van der Waals surface area contributed by atoms with Gasteiger partial charge in [0, 0.05) is 20.3 Å². The van der Waals surface area contributed by atoms with E-state index in [1.807, 2.05) is 0 Å². The second-order valence-electron chi connectivity index (χ2n) is 5.65. The Morgan fingerprint density at radius 1 is 1.07 bits per heavy atom. The van der Waals surface area contributed by atoms with Crippen molar-refractivity contribution >= 4 is 11.9 Å². The Bertz CT molecular complexity index is 1070. The average molecular weight is 368 g/mol. The van der Waals surface area contributed by atoms with Gasteiger partial charge in [-0.3, -0.25) is 9.36 Å². The van der Waals surface area contributed by atoms with E-state index in [2.05, 4.69) is 14.7 Å². The number of hydrogen-bond donors (Lipinski definition) is 0. The van der Waals surface area contributed by atoms with Gasteiger partial charge in [0.1, 0.15) is 5.69 Å². The zero-order valence-electron chi connectivity index (χ0n) is 14.9. The highest BCUT2D eigenvalue weighted by Crippen LogP contribution is 2.20. The van der Waals surface area contributed by atoms with Crippen molar-refractivity contribution in [2.24, 2.45) is 14.1 Å². The quantitative estimate of drug-likeness (QED) is 0.637. The van der Waals surface area contributed by atoms with E-state index < -0.39 is 28.9 Å². The standard InChI is InChI=1S/C18H16N4O5/c1-21-9-12(19-10-21)15-20-13(18(25)26-3)14(16(23)22(15)2)27-17(24)11-7-5-4-6-8-11/h4-10H,1-3H3. The largest absolute Gasteiger partial charge is 0.464 e. The van der Waals surface area contributed by atoms with Crippen LogP contribution in [0, 0.1) is 0 Å². The van der Waals surface area contributed by atoms with Crippen LogP contribution in [0.3, 0.4) is 0 Å². The molecule has 0 amide bonds. The minimum atomic E-state index is -0.902. The Morgan fingerprint density at radius 2 is 1.78 bits per heavy atom. The summed E-state index contributed by atoms with van der Waals surface area (Å²) in [4.78, 5) is 45.6. The number of carbonyl (C=O) groups excluding carboxylic acids is 2. The van der Waals surface area contributed by atoms with Crippen LogP contribution in [0.25, 0.3) is 11.5 Å². The Labute approximate surface area is 153 Å². The molecule has 0 atom stereocenters. The van der Waals surface area contributed by atoms with Gasteiger partial charge in [0.15, 0.2) is 11.5 Å². The second-order valence-corrected chi connectivity index (χ2v) is 5.65. The zero-order chi connectivity index (χ0) is 19.6. The predicted molar refractivity (Wildman–Crippen MR) is 94.4 cm³/mol. The van der Waals surface area contributed by atoms with E-state index in [1.54, 1.807) is 36.0 Å². The van der Waals surface area contributed by atoms with Gasteiger partial charge >= 0.3 is 11.9 Å². The summed E-state index contributed by atoms with van der Waals surface area (Å²) in [6.45, 7) is 0. The van der Waals surface area contributed by atoms with E-state index in [4.69, 9.17) is 4.74 Å². The van der Waals surface area contributed by atoms with E-state index >= 15 is 0 Å². The van der Waals surface area contributed by atoms with Crippen molar-refractivity contribution in [2.75, 3.05) is 7.11 Å². The highest BCUT2D eigenvalue weighted by molar-refractivity contribution is 5.95. The number of aryl methyl sites for hydroxylation is 1. The molecule has 0 saturated heterocycles. The van der Waals surface area contributed by atoms with Gasteiger partial charge in [0.2, 0.25) is 5.75 Å². The van der Waals surface area contributed by atoms with E-state index in [9.17, 15) is 14.4 Å². The number of carbonyl (C=O) groups is 2. The number of nitrogens with zero attached hydrogens (tertiary/aromatic N) is 4. The summed E-state index contributed by atoms with van der Waals surface area (Å²) in [6.07, 6.45) is 3.17. The van der Waals surface area contributed by atoms with Gasteiger partial charge in [-0.05, 0) is 12.1 Å². The van der Waals surface area contributed by atoms with Crippen molar-refractivity contribution in [1.29, 1.82) is 0 Å². The number of ether oxygens (including phenoxy) is 2. The second kappa shape index (κ2) is 7.24. The molecule has 27 heavy (non-hydrogen) atoms. The first-order chi connectivity index (χ1) is 12.9. The van der Waals surface area contributed by atoms with Crippen LogP contribution < -0.4 is 10.3 Å². The molecule has 3 rings (SSSR count). The molecule has 0 unspecified atom stereocenters. The number of methoxy groups -OCH3 is 1. The maximum Gasteiger partial charge on any atom is 0.360 e. The number of esters is 2. The number of aromatic nitrogens is 4. The highest BCUT2D eigenvalue weighted by atomic mass is 16.5. The smallest absolute Gasteiger partial charge is 0.360 e. The summed E-state index contributed by atoms with van der Waals surface area (Å²) >= 11 is 0. The monoisotopic (exact) mass is 368 g/mol. The van der Waals surface area contributed by atoms with E-state index in [1.165, 1.54) is 25.5 Å². The van der Waals surface area contributed by atoms with Crippen LogP contribution >= 0.6 is 0 Å². The molecule has 0 aliphatic rings. The number of benzene rings is 1. The molecule has 3 aromatic rings. The number of rotatable bonds is 4. The summed E-state index contributed by atoms with van der Waals surface area (Å²) in [5, 5.41) is 0. The van der Waals surface area contributed by atoms with Gasteiger partial charge in [-0.2, -0.15) is 0 Å². The summed E-state index contributed by atoms with van der Waals surface area (Å²) < 4.78 is 12.7. The molecule has 1 aromatic carbocycles. The molecule has 138 valence electrons. The molecular formula is C18H16N4O5. The lowest BCUT2D eigenvalue weighted by Gasteiger charge is -2.12. The molecule has 0 aliphatic heterocycles. The van der Waals surface area contributed by atoms with Crippen LogP contribution in [0.4, 0.5) is 0 Å². The first kappa shape index (κ1) is 18.1. The SMILES string of the molecule is COC(=O)c1nc(-c2cn(C)cn2)n(C)c(=O)c1OC(=O)c1ccccc1. The van der Waals surface area contributed by atoms with Crippen molar-refractivity contribution in [3.63, 3.8) is 0 Å². The highest BCUT2D eigenvalue weighted by Gasteiger charge is 2.26. The molecule has 0 spiro atoms. The van der Waals surface area contributed by atoms with Gasteiger partial charge in [0.05, 0.1) is 19.0 Å². The van der Waals surface area contributed by atoms with Gasteiger partial charge in [-0.1, -0.05) is 18.2 Å². The van der Waals surface area contributed by atoms with E-state index in [0.29, 0.717) is 5.69 Å². The summed E-state index contributed by atoms with van der Waals surface area (Å²) in [7, 11) is 4.34. The van der Waals surface area contributed by atoms with E-state index in [-0.39, 0.29) is 11.4 Å². The van der Waals surface area contributed by atoms with Crippen LogP contribution in [0.5, 0.6) is 5.75 Å². The molecule has 9 nitrogen and oxygen atoms in total. The number of hydrogen-bond acceptors (Lipinski definition) is 7. The lowest BCUT2D eigenvalue weighted by molar-refractivity contribution is 0.0584. The zero-order valence-corrected chi connectivity index (χ0v) is 14.9. The minimum absolute atomic E-state index is 0.139. The average Bonchev–Trinajstić information content (AvgIpc) is 3.11. The van der Waals surface area contributed by atoms with Crippen molar-refractivity contribution in [2.45, 2.75) is 0 Å². The Balaban J connectivity index is 2.13. The molecule has 9 heteroatoms. The Morgan fingerprint density at radius 3 is 2.37 bits per heavy atom. The van der Waals surface area contributed by atoms with Crippen molar-refractivity contribution in [3.8, 4) is 17.3 Å². The molecule has 2 aromatic heterocycles. The molecule has 0 saturated carbocycles. The minimum Gasteiger partial charge on any atom is -0.464 e. The van der Waals surface area contributed by atoms with Crippen molar-refractivity contribution in [3.05, 3.63) is 64.5 Å². The van der Waals surface area contributed by atoms with E-state index in [0.717, 1.165) is 11.7 Å².